The summed E-state index contributed by atoms with van der Waals surface area (Å²) in [5, 5.41) is 5.33. The molecular weight excluding hydrogens is 426 g/mol. The van der Waals surface area contributed by atoms with E-state index in [4.69, 9.17) is 0 Å². The van der Waals surface area contributed by atoms with Crippen LogP contribution in [0.4, 0.5) is 5.69 Å². The van der Waals surface area contributed by atoms with Gasteiger partial charge in [-0.2, -0.15) is 0 Å². The van der Waals surface area contributed by atoms with E-state index in [1.807, 2.05) is 30.3 Å². The molecule has 3 rings (SSSR count). The Hall–Kier alpha value is -3.49. The molecule has 0 bridgehead atoms. The maximum Gasteiger partial charge on any atom is 0.255 e. The molecule has 2 amide bonds. The molecule has 8 heteroatoms. The zero-order valence-corrected chi connectivity index (χ0v) is 18.9. The van der Waals surface area contributed by atoms with Gasteiger partial charge in [0, 0.05) is 30.4 Å². The van der Waals surface area contributed by atoms with Crippen molar-refractivity contribution >= 4 is 27.5 Å². The third kappa shape index (κ3) is 5.22. The lowest BCUT2D eigenvalue weighted by atomic mass is 10.1. The number of amides is 2. The minimum Gasteiger partial charge on any atom is -0.355 e. The summed E-state index contributed by atoms with van der Waals surface area (Å²) in [7, 11) is -2.30. The van der Waals surface area contributed by atoms with Crippen molar-refractivity contribution in [1.29, 1.82) is 0 Å². The van der Waals surface area contributed by atoms with Crippen LogP contribution in [0.5, 0.6) is 0 Å². The van der Waals surface area contributed by atoms with Crippen LogP contribution < -0.4 is 15.4 Å². The Morgan fingerprint density at radius 2 is 1.59 bits per heavy atom. The highest BCUT2D eigenvalue weighted by molar-refractivity contribution is 7.89. The Morgan fingerprint density at radius 1 is 0.875 bits per heavy atom. The molecule has 0 saturated heterocycles. The summed E-state index contributed by atoms with van der Waals surface area (Å²) in [6.07, 6.45) is 0. The van der Waals surface area contributed by atoms with Gasteiger partial charge in [-0.1, -0.05) is 42.5 Å². The third-order valence-electron chi connectivity index (χ3n) is 5.10. The maximum atomic E-state index is 12.9. The highest BCUT2D eigenvalue weighted by Crippen LogP contribution is 2.22. The van der Waals surface area contributed by atoms with E-state index < -0.39 is 15.9 Å². The zero-order chi connectivity index (χ0) is 23.3. The molecule has 7 nitrogen and oxygen atoms in total. The average Bonchev–Trinajstić information content (AvgIpc) is 2.79. The molecule has 0 fully saturated rings. The molecule has 166 valence electrons. The van der Waals surface area contributed by atoms with E-state index in [2.05, 4.69) is 15.4 Å². The number of aryl methyl sites for hydroxylation is 1. The molecule has 0 aromatic heterocycles. The van der Waals surface area contributed by atoms with Gasteiger partial charge in [0.1, 0.15) is 0 Å². The largest absolute Gasteiger partial charge is 0.355 e. The Morgan fingerprint density at radius 3 is 2.28 bits per heavy atom. The molecule has 0 radical (unpaired) electrons. The molecule has 0 heterocycles. The molecule has 3 aromatic carbocycles. The second-order valence-electron chi connectivity index (χ2n) is 7.30. The van der Waals surface area contributed by atoms with Crippen molar-refractivity contribution in [2.75, 3.05) is 12.4 Å². The number of rotatable bonds is 7. The Kier molecular flexibility index (Phi) is 7.07. The molecule has 0 unspecified atom stereocenters. The second kappa shape index (κ2) is 9.76. The van der Waals surface area contributed by atoms with Crippen LogP contribution >= 0.6 is 0 Å². The van der Waals surface area contributed by atoms with E-state index >= 15 is 0 Å². The van der Waals surface area contributed by atoms with E-state index in [1.54, 1.807) is 44.2 Å². The van der Waals surface area contributed by atoms with Gasteiger partial charge >= 0.3 is 0 Å². The molecule has 32 heavy (non-hydrogen) atoms. The quantitative estimate of drug-likeness (QED) is 0.512. The molecule has 0 aliphatic rings. The predicted octanol–water partition coefficient (Wildman–Crippen LogP) is 3.39. The van der Waals surface area contributed by atoms with Gasteiger partial charge in [0.15, 0.2) is 0 Å². The monoisotopic (exact) mass is 451 g/mol. The molecule has 0 spiro atoms. The van der Waals surface area contributed by atoms with Gasteiger partial charge < -0.3 is 10.6 Å². The highest BCUT2D eigenvalue weighted by atomic mass is 32.2. The lowest BCUT2D eigenvalue weighted by Crippen LogP contribution is -2.24. The summed E-state index contributed by atoms with van der Waals surface area (Å²) >= 11 is 0. The standard InChI is InChI=1S/C24H25N3O4S/c1-16-12-13-19(14-22(16)32(30,31)26-15-18-8-5-4-6-9-18)23(28)27-21-11-7-10-20(17(21)2)24(29)25-3/h4-14,26H,15H2,1-3H3,(H,25,29)(H,27,28). The van der Waals surface area contributed by atoms with E-state index in [0.29, 0.717) is 22.4 Å². The summed E-state index contributed by atoms with van der Waals surface area (Å²) in [4.78, 5) is 24.9. The minimum absolute atomic E-state index is 0.0388. The number of nitrogens with one attached hydrogen (secondary N) is 3. The van der Waals surface area contributed by atoms with E-state index in [9.17, 15) is 18.0 Å². The van der Waals surface area contributed by atoms with Crippen molar-refractivity contribution in [3.8, 4) is 0 Å². The van der Waals surface area contributed by atoms with Crippen LogP contribution in [0.1, 0.15) is 37.4 Å². The van der Waals surface area contributed by atoms with Crippen molar-refractivity contribution in [2.24, 2.45) is 0 Å². The minimum atomic E-state index is -3.83. The van der Waals surface area contributed by atoms with Crippen LogP contribution in [0.15, 0.2) is 71.6 Å². The molecular formula is C24H25N3O4S. The van der Waals surface area contributed by atoms with Crippen molar-refractivity contribution < 1.29 is 18.0 Å². The van der Waals surface area contributed by atoms with Gasteiger partial charge in [-0.05, 0) is 54.8 Å². The normalized spacial score (nSPS) is 11.1. The number of anilines is 1. The number of hydrogen-bond donors (Lipinski definition) is 3. The van der Waals surface area contributed by atoms with E-state index in [1.165, 1.54) is 13.1 Å². The van der Waals surface area contributed by atoms with E-state index in [-0.39, 0.29) is 22.9 Å². The van der Waals surface area contributed by atoms with Gasteiger partial charge in [-0.3, -0.25) is 9.59 Å². The first-order valence-electron chi connectivity index (χ1n) is 10.00. The van der Waals surface area contributed by atoms with Crippen molar-refractivity contribution in [3.63, 3.8) is 0 Å². The van der Waals surface area contributed by atoms with Crippen molar-refractivity contribution in [1.82, 2.24) is 10.0 Å². The van der Waals surface area contributed by atoms with Crippen LogP contribution in [-0.4, -0.2) is 27.3 Å². The molecule has 0 aliphatic heterocycles. The molecule has 0 saturated carbocycles. The smallest absolute Gasteiger partial charge is 0.255 e. The molecule has 0 atom stereocenters. The fraction of sp³-hybridized carbons (Fsp3) is 0.167. The van der Waals surface area contributed by atoms with Gasteiger partial charge in [-0.25, -0.2) is 13.1 Å². The molecule has 0 aliphatic carbocycles. The first kappa shape index (κ1) is 23.2. The summed E-state index contributed by atoms with van der Waals surface area (Å²) in [6, 6.07) is 18.7. The number of carbonyl (C=O) groups is 2. The van der Waals surface area contributed by atoms with Gasteiger partial charge in [-0.15, -0.1) is 0 Å². The number of benzene rings is 3. The SMILES string of the molecule is CNC(=O)c1cccc(NC(=O)c2ccc(C)c(S(=O)(=O)NCc3ccccc3)c2)c1C. The number of sulfonamides is 1. The van der Waals surface area contributed by atoms with Crippen molar-refractivity contribution in [3.05, 3.63) is 94.5 Å². The number of carbonyl (C=O) groups excluding carboxylic acids is 2. The third-order valence-corrected chi connectivity index (χ3v) is 6.65. The lowest BCUT2D eigenvalue weighted by molar-refractivity contribution is 0.0960. The maximum absolute atomic E-state index is 12.9. The van der Waals surface area contributed by atoms with Crippen LogP contribution in [0, 0.1) is 13.8 Å². The fourth-order valence-corrected chi connectivity index (χ4v) is 4.52. The lowest BCUT2D eigenvalue weighted by Gasteiger charge is -2.14. The van der Waals surface area contributed by atoms with Gasteiger partial charge in [0.25, 0.3) is 11.8 Å². The van der Waals surface area contributed by atoms with Crippen LogP contribution in [0.2, 0.25) is 0 Å². The summed E-state index contributed by atoms with van der Waals surface area (Å²) in [5.41, 5.74) is 3.09. The molecule has 3 aromatic rings. The Balaban J connectivity index is 1.84. The van der Waals surface area contributed by atoms with Crippen LogP contribution in [0.3, 0.4) is 0 Å². The summed E-state index contributed by atoms with van der Waals surface area (Å²) < 4.78 is 28.3. The van der Waals surface area contributed by atoms with Gasteiger partial charge in [0.05, 0.1) is 4.90 Å². The first-order chi connectivity index (χ1) is 15.2. The Labute approximate surface area is 187 Å². The first-order valence-corrected chi connectivity index (χ1v) is 11.5. The number of hydrogen-bond acceptors (Lipinski definition) is 4. The highest BCUT2D eigenvalue weighted by Gasteiger charge is 2.20. The average molecular weight is 452 g/mol. The van der Waals surface area contributed by atoms with Crippen LogP contribution in [0.25, 0.3) is 0 Å². The Bertz CT molecular complexity index is 1260. The summed E-state index contributed by atoms with van der Waals surface area (Å²) in [6.45, 7) is 3.55. The fourth-order valence-electron chi connectivity index (χ4n) is 3.23. The van der Waals surface area contributed by atoms with Crippen LogP contribution in [-0.2, 0) is 16.6 Å². The summed E-state index contributed by atoms with van der Waals surface area (Å²) in [5.74, 6) is -0.728. The predicted molar refractivity (Wildman–Crippen MR) is 124 cm³/mol. The molecule has 3 N–H and O–H groups in total. The van der Waals surface area contributed by atoms with Gasteiger partial charge in [0.2, 0.25) is 10.0 Å². The zero-order valence-electron chi connectivity index (χ0n) is 18.1. The second-order valence-corrected chi connectivity index (χ2v) is 9.04. The van der Waals surface area contributed by atoms with Crippen molar-refractivity contribution in [2.45, 2.75) is 25.3 Å². The topological polar surface area (TPSA) is 104 Å². The van der Waals surface area contributed by atoms with E-state index in [0.717, 1.165) is 5.56 Å².